The number of hydrogen-bond donors (Lipinski definition) is 2. The molecule has 6 rings (SSSR count). The standard InChI is InChI=1S/C35H30N6O4/c1-45-34(42)30(24-28-19-20-29(33-37-22-23-40(28)33)38-32-31(41(43)44)18-11-21-36-32)39-35(25-12-5-2-6-13-25,26-14-7-3-8-15-26)27-16-9-4-10-17-27/h2-23,30,39H,24H2,1H3,(H,36,38)/t30-/m0/s1. The molecule has 6 aromatic rings. The average molecular weight is 599 g/mol. The molecule has 0 radical (unpaired) electrons. The first kappa shape index (κ1) is 29.2. The topological polar surface area (TPSA) is 124 Å². The Bertz CT molecular complexity index is 1830. The van der Waals surface area contributed by atoms with E-state index in [0.717, 1.165) is 22.4 Å². The van der Waals surface area contributed by atoms with E-state index in [2.05, 4.69) is 20.6 Å². The highest BCUT2D eigenvalue weighted by Gasteiger charge is 2.40. The van der Waals surface area contributed by atoms with Gasteiger partial charge in [0.2, 0.25) is 5.82 Å². The van der Waals surface area contributed by atoms with Crippen LogP contribution >= 0.6 is 0 Å². The molecular weight excluding hydrogens is 568 g/mol. The Hall–Kier alpha value is -5.87. The van der Waals surface area contributed by atoms with Gasteiger partial charge in [-0.3, -0.25) is 20.2 Å². The predicted octanol–water partition coefficient (Wildman–Crippen LogP) is 6.05. The maximum atomic E-state index is 13.6. The monoisotopic (exact) mass is 598 g/mol. The molecule has 0 fully saturated rings. The molecule has 0 aliphatic rings. The van der Waals surface area contributed by atoms with E-state index in [1.807, 2.05) is 101 Å². The smallest absolute Gasteiger partial charge is 0.323 e. The number of carbonyl (C=O) groups excluding carboxylic acids is 1. The van der Waals surface area contributed by atoms with Crippen molar-refractivity contribution in [3.05, 3.63) is 166 Å². The lowest BCUT2D eigenvalue weighted by Gasteiger charge is -2.39. The molecule has 0 amide bonds. The molecule has 224 valence electrons. The molecule has 0 aliphatic heterocycles. The molecule has 3 heterocycles. The first-order chi connectivity index (χ1) is 22.0. The second kappa shape index (κ2) is 12.8. The first-order valence-electron chi connectivity index (χ1n) is 14.3. The Kier molecular flexibility index (Phi) is 8.30. The van der Waals surface area contributed by atoms with E-state index in [-0.39, 0.29) is 17.9 Å². The molecule has 3 aromatic carbocycles. The van der Waals surface area contributed by atoms with Crippen LogP contribution in [0.5, 0.6) is 0 Å². The van der Waals surface area contributed by atoms with E-state index in [4.69, 9.17) is 4.74 Å². The number of hydrogen-bond acceptors (Lipinski definition) is 8. The first-order valence-corrected chi connectivity index (χ1v) is 14.3. The third-order valence-corrected chi connectivity index (χ3v) is 7.78. The van der Waals surface area contributed by atoms with E-state index < -0.39 is 22.5 Å². The van der Waals surface area contributed by atoms with Crippen LogP contribution in [-0.4, -0.2) is 38.4 Å². The molecule has 10 heteroatoms. The molecule has 0 unspecified atom stereocenters. The molecule has 2 N–H and O–H groups in total. The number of esters is 1. The number of ether oxygens (including phenoxy) is 1. The summed E-state index contributed by atoms with van der Waals surface area (Å²) >= 11 is 0. The summed E-state index contributed by atoms with van der Waals surface area (Å²) in [6.07, 6.45) is 5.16. The van der Waals surface area contributed by atoms with Crippen LogP contribution in [0, 0.1) is 10.1 Å². The van der Waals surface area contributed by atoms with Gasteiger partial charge in [0.25, 0.3) is 0 Å². The Morgan fingerprint density at radius 1 is 0.844 bits per heavy atom. The van der Waals surface area contributed by atoms with E-state index in [0.29, 0.717) is 11.3 Å². The summed E-state index contributed by atoms with van der Waals surface area (Å²) in [7, 11) is 1.38. The number of carbonyl (C=O) groups is 1. The zero-order chi connectivity index (χ0) is 31.2. The SMILES string of the molecule is COC(=O)[C@H](Cc1ccc(Nc2ncccc2[N+](=O)[O-])c2nccn12)NC(c1ccccc1)(c1ccccc1)c1ccccc1. The molecule has 0 spiro atoms. The lowest BCUT2D eigenvalue weighted by atomic mass is 9.76. The van der Waals surface area contributed by atoms with Gasteiger partial charge in [-0.1, -0.05) is 91.0 Å². The number of anilines is 2. The lowest BCUT2D eigenvalue weighted by Crippen LogP contribution is -2.53. The number of imidazole rings is 1. The summed E-state index contributed by atoms with van der Waals surface area (Å²) in [6.45, 7) is 0. The third kappa shape index (κ3) is 5.74. The normalized spacial score (nSPS) is 12.0. The molecule has 0 saturated carbocycles. The van der Waals surface area contributed by atoms with E-state index in [1.165, 1.54) is 25.4 Å². The van der Waals surface area contributed by atoms with Crippen molar-refractivity contribution in [1.82, 2.24) is 19.7 Å². The number of nitrogens with zero attached hydrogens (tertiary/aromatic N) is 4. The Morgan fingerprint density at radius 2 is 1.44 bits per heavy atom. The fraction of sp³-hybridized carbons (Fsp3) is 0.114. The highest BCUT2D eigenvalue weighted by atomic mass is 16.6. The number of benzene rings is 3. The number of methoxy groups -OCH3 is 1. The van der Waals surface area contributed by atoms with Gasteiger partial charge >= 0.3 is 11.7 Å². The number of pyridine rings is 2. The van der Waals surface area contributed by atoms with Gasteiger partial charge in [0.15, 0.2) is 5.65 Å². The highest BCUT2D eigenvalue weighted by molar-refractivity contribution is 5.78. The molecule has 0 bridgehead atoms. The molecule has 0 aliphatic carbocycles. The van der Waals surface area contributed by atoms with Gasteiger partial charge in [0.1, 0.15) is 6.04 Å². The number of aromatic nitrogens is 3. The quantitative estimate of drug-likeness (QED) is 0.0800. The van der Waals surface area contributed by atoms with Gasteiger partial charge < -0.3 is 14.5 Å². The third-order valence-electron chi connectivity index (χ3n) is 7.78. The van der Waals surface area contributed by atoms with Gasteiger partial charge in [-0.25, -0.2) is 9.97 Å². The van der Waals surface area contributed by atoms with Gasteiger partial charge in [-0.2, -0.15) is 0 Å². The van der Waals surface area contributed by atoms with Gasteiger partial charge in [0, 0.05) is 36.8 Å². The minimum Gasteiger partial charge on any atom is -0.468 e. The molecule has 45 heavy (non-hydrogen) atoms. The van der Waals surface area contributed by atoms with Crippen molar-refractivity contribution in [2.24, 2.45) is 0 Å². The Morgan fingerprint density at radius 3 is 2.00 bits per heavy atom. The molecule has 1 atom stereocenters. The Balaban J connectivity index is 1.43. The van der Waals surface area contributed by atoms with E-state index in [9.17, 15) is 14.9 Å². The predicted molar refractivity (Wildman–Crippen MR) is 171 cm³/mol. The number of nitrogens with one attached hydrogen (secondary N) is 2. The molecule has 0 saturated heterocycles. The van der Waals surface area contributed by atoms with Crippen LogP contribution in [0.4, 0.5) is 17.2 Å². The van der Waals surface area contributed by atoms with Crippen molar-refractivity contribution < 1.29 is 14.5 Å². The second-order valence-corrected chi connectivity index (χ2v) is 10.4. The van der Waals surface area contributed by atoms with Crippen LogP contribution in [0.1, 0.15) is 22.4 Å². The highest BCUT2D eigenvalue weighted by Crippen LogP contribution is 2.38. The molecular formula is C35H30N6O4. The van der Waals surface area contributed by atoms with E-state index in [1.54, 1.807) is 18.5 Å². The van der Waals surface area contributed by atoms with Crippen LogP contribution in [-0.2, 0) is 21.5 Å². The number of rotatable bonds is 11. The van der Waals surface area contributed by atoms with Gasteiger partial charge in [-0.15, -0.1) is 0 Å². The van der Waals surface area contributed by atoms with Crippen LogP contribution in [0.2, 0.25) is 0 Å². The molecule has 10 nitrogen and oxygen atoms in total. The zero-order valence-electron chi connectivity index (χ0n) is 24.4. The van der Waals surface area contributed by atoms with E-state index >= 15 is 0 Å². The summed E-state index contributed by atoms with van der Waals surface area (Å²) in [4.78, 5) is 33.3. The van der Waals surface area contributed by atoms with Crippen molar-refractivity contribution in [3.8, 4) is 0 Å². The van der Waals surface area contributed by atoms with Crippen LogP contribution < -0.4 is 10.6 Å². The van der Waals surface area contributed by atoms with Crippen molar-refractivity contribution in [3.63, 3.8) is 0 Å². The summed E-state index contributed by atoms with van der Waals surface area (Å²) in [5.41, 5.74) is 3.64. The summed E-state index contributed by atoms with van der Waals surface area (Å²) in [6, 6.07) is 35.8. The van der Waals surface area contributed by atoms with Crippen molar-refractivity contribution in [2.45, 2.75) is 18.0 Å². The van der Waals surface area contributed by atoms with Crippen LogP contribution in [0.25, 0.3) is 5.65 Å². The summed E-state index contributed by atoms with van der Waals surface area (Å²) < 4.78 is 7.21. The summed E-state index contributed by atoms with van der Waals surface area (Å²) in [5, 5.41) is 18.4. The average Bonchev–Trinajstić information content (AvgIpc) is 3.60. The van der Waals surface area contributed by atoms with Crippen LogP contribution in [0.15, 0.2) is 134 Å². The minimum absolute atomic E-state index is 0.104. The van der Waals surface area contributed by atoms with Crippen molar-refractivity contribution in [2.75, 3.05) is 12.4 Å². The van der Waals surface area contributed by atoms with Crippen molar-refractivity contribution >= 4 is 28.8 Å². The maximum Gasteiger partial charge on any atom is 0.323 e. The van der Waals surface area contributed by atoms with Gasteiger partial charge in [0.05, 0.1) is 23.3 Å². The second-order valence-electron chi connectivity index (χ2n) is 10.4. The van der Waals surface area contributed by atoms with Crippen LogP contribution in [0.3, 0.4) is 0 Å². The Labute approximate surface area is 259 Å². The lowest BCUT2D eigenvalue weighted by molar-refractivity contribution is -0.384. The zero-order valence-corrected chi connectivity index (χ0v) is 24.4. The summed E-state index contributed by atoms with van der Waals surface area (Å²) in [5.74, 6) is -0.325. The minimum atomic E-state index is -0.907. The van der Waals surface area contributed by atoms with Crippen molar-refractivity contribution in [1.29, 1.82) is 0 Å². The fourth-order valence-corrected chi connectivity index (χ4v) is 5.72. The van der Waals surface area contributed by atoms with Gasteiger partial charge in [-0.05, 0) is 34.9 Å². The largest absolute Gasteiger partial charge is 0.468 e. The number of nitro groups is 1. The maximum absolute atomic E-state index is 13.6. The molecule has 3 aromatic heterocycles. The fourth-order valence-electron chi connectivity index (χ4n) is 5.72. The number of fused-ring (bicyclic) bond motifs is 1.